The van der Waals surface area contributed by atoms with E-state index in [1.165, 1.54) is 0 Å². The highest BCUT2D eigenvalue weighted by atomic mass is 19.1. The van der Waals surface area contributed by atoms with Gasteiger partial charge in [-0.15, -0.1) is 0 Å². The van der Waals surface area contributed by atoms with Crippen LogP contribution in [0.15, 0.2) is 0 Å². The fourth-order valence-electron chi connectivity index (χ4n) is 1.40. The van der Waals surface area contributed by atoms with E-state index >= 15 is 0 Å². The zero-order valence-electron chi connectivity index (χ0n) is 6.08. The van der Waals surface area contributed by atoms with E-state index in [9.17, 15) is 4.39 Å². The summed E-state index contributed by atoms with van der Waals surface area (Å²) in [6.07, 6.45) is 1.39. The van der Waals surface area contributed by atoms with Crippen molar-refractivity contribution in [2.24, 2.45) is 0 Å². The third kappa shape index (κ3) is 1.65. The van der Waals surface area contributed by atoms with Crippen molar-refractivity contribution in [3.63, 3.8) is 0 Å². The quantitative estimate of drug-likeness (QED) is 0.605. The predicted octanol–water partition coefficient (Wildman–Crippen LogP) is 1.73. The molecule has 0 spiro atoms. The molecule has 0 aromatic carbocycles. The van der Waals surface area contributed by atoms with Gasteiger partial charge < -0.3 is 5.32 Å². The molecule has 1 saturated carbocycles. The predicted molar refractivity (Wildman–Crippen MR) is 38.3 cm³/mol. The standard InChI is InChI=1S/C7H14FN.H2/c1-3-9-6-4-7(2,8)5-6;/h6,9H,3-5H2,1-2H3;1H. The summed E-state index contributed by atoms with van der Waals surface area (Å²) in [7, 11) is 0. The maximum Gasteiger partial charge on any atom is 0.111 e. The van der Waals surface area contributed by atoms with Gasteiger partial charge in [-0.2, -0.15) is 0 Å². The molecule has 0 aliphatic heterocycles. The molecule has 0 bridgehead atoms. The van der Waals surface area contributed by atoms with Gasteiger partial charge in [0.05, 0.1) is 0 Å². The van der Waals surface area contributed by atoms with Crippen LogP contribution in [-0.4, -0.2) is 18.3 Å². The Kier molecular flexibility index (Phi) is 1.75. The molecular formula is C7H16FN. The Bertz CT molecular complexity index is 97.8. The fourth-order valence-corrected chi connectivity index (χ4v) is 1.40. The molecule has 0 radical (unpaired) electrons. The van der Waals surface area contributed by atoms with Crippen LogP contribution < -0.4 is 5.32 Å². The highest BCUT2D eigenvalue weighted by Crippen LogP contribution is 2.35. The Morgan fingerprint density at radius 2 is 2.33 bits per heavy atom. The van der Waals surface area contributed by atoms with Crippen LogP contribution >= 0.6 is 0 Å². The number of alkyl halides is 1. The zero-order valence-corrected chi connectivity index (χ0v) is 6.08. The maximum absolute atomic E-state index is 12.7. The Morgan fingerprint density at radius 3 is 2.67 bits per heavy atom. The van der Waals surface area contributed by atoms with Crippen LogP contribution in [0.1, 0.15) is 28.1 Å². The minimum atomic E-state index is -0.868. The number of rotatable bonds is 2. The monoisotopic (exact) mass is 133 g/mol. The fraction of sp³-hybridized carbons (Fsp3) is 1.00. The summed E-state index contributed by atoms with van der Waals surface area (Å²) in [5.41, 5.74) is -0.868. The summed E-state index contributed by atoms with van der Waals surface area (Å²) in [5, 5.41) is 3.20. The van der Waals surface area contributed by atoms with Gasteiger partial charge in [0.1, 0.15) is 5.67 Å². The van der Waals surface area contributed by atoms with E-state index in [1.54, 1.807) is 6.92 Å². The highest BCUT2D eigenvalue weighted by Gasteiger charge is 2.39. The smallest absolute Gasteiger partial charge is 0.111 e. The number of halogens is 1. The molecule has 1 nitrogen and oxygen atoms in total. The minimum Gasteiger partial charge on any atom is -0.314 e. The third-order valence-corrected chi connectivity index (χ3v) is 1.84. The van der Waals surface area contributed by atoms with Crippen molar-refractivity contribution in [1.29, 1.82) is 0 Å². The van der Waals surface area contributed by atoms with E-state index in [2.05, 4.69) is 5.32 Å². The SMILES string of the molecule is CCNC1CC(C)(F)C1.[HH]. The van der Waals surface area contributed by atoms with Crippen molar-refractivity contribution >= 4 is 0 Å². The van der Waals surface area contributed by atoms with Crippen LogP contribution in [0, 0.1) is 0 Å². The first-order valence-corrected chi connectivity index (χ1v) is 3.56. The van der Waals surface area contributed by atoms with Gasteiger partial charge in [-0.1, -0.05) is 6.92 Å². The van der Waals surface area contributed by atoms with Gasteiger partial charge in [0.2, 0.25) is 0 Å². The van der Waals surface area contributed by atoms with E-state index in [0.717, 1.165) is 6.54 Å². The van der Waals surface area contributed by atoms with Gasteiger partial charge in [0.15, 0.2) is 0 Å². The van der Waals surface area contributed by atoms with Crippen molar-refractivity contribution in [3.8, 4) is 0 Å². The minimum absolute atomic E-state index is 0. The van der Waals surface area contributed by atoms with Crippen molar-refractivity contribution < 1.29 is 5.82 Å². The summed E-state index contributed by atoms with van der Waals surface area (Å²) >= 11 is 0. The topological polar surface area (TPSA) is 12.0 Å². The average molecular weight is 133 g/mol. The third-order valence-electron chi connectivity index (χ3n) is 1.84. The maximum atomic E-state index is 12.7. The Labute approximate surface area is 57.1 Å². The molecule has 0 atom stereocenters. The molecular weight excluding hydrogens is 117 g/mol. The zero-order chi connectivity index (χ0) is 6.91. The van der Waals surface area contributed by atoms with Gasteiger partial charge in [-0.25, -0.2) is 4.39 Å². The molecule has 56 valence electrons. The van der Waals surface area contributed by atoms with Crippen molar-refractivity contribution in [3.05, 3.63) is 0 Å². The summed E-state index contributed by atoms with van der Waals surface area (Å²) in [5.74, 6) is 0. The van der Waals surface area contributed by atoms with Gasteiger partial charge in [-0.3, -0.25) is 0 Å². The Morgan fingerprint density at radius 1 is 1.78 bits per heavy atom. The summed E-state index contributed by atoms with van der Waals surface area (Å²) in [6.45, 7) is 4.68. The van der Waals surface area contributed by atoms with Gasteiger partial charge in [-0.05, 0) is 26.3 Å². The molecule has 1 fully saturated rings. The molecule has 0 aromatic heterocycles. The van der Waals surface area contributed by atoms with Crippen molar-refractivity contribution in [2.45, 2.75) is 38.4 Å². The van der Waals surface area contributed by atoms with Gasteiger partial charge >= 0.3 is 0 Å². The van der Waals surface area contributed by atoms with Crippen LogP contribution in [0.5, 0.6) is 0 Å². The second-order valence-corrected chi connectivity index (χ2v) is 3.08. The lowest BCUT2D eigenvalue weighted by Crippen LogP contribution is -2.49. The average Bonchev–Trinajstić information content (AvgIpc) is 1.62. The second kappa shape index (κ2) is 2.25. The van der Waals surface area contributed by atoms with Crippen LogP contribution in [0.2, 0.25) is 0 Å². The first kappa shape index (κ1) is 7.00. The summed E-state index contributed by atoms with van der Waals surface area (Å²) in [4.78, 5) is 0. The molecule has 1 rings (SSSR count). The lowest BCUT2D eigenvalue weighted by atomic mass is 9.79. The van der Waals surface area contributed by atoms with Gasteiger partial charge in [0.25, 0.3) is 0 Å². The van der Waals surface area contributed by atoms with E-state index < -0.39 is 5.67 Å². The Balaban J connectivity index is 0.000000810. The lowest BCUT2D eigenvalue weighted by molar-refractivity contribution is 0.0490. The summed E-state index contributed by atoms with van der Waals surface area (Å²) < 4.78 is 12.7. The van der Waals surface area contributed by atoms with Crippen molar-refractivity contribution in [1.82, 2.24) is 5.32 Å². The molecule has 0 heterocycles. The van der Waals surface area contributed by atoms with Crippen LogP contribution in [-0.2, 0) is 0 Å². The normalized spacial score (nSPS) is 42.3. The van der Waals surface area contributed by atoms with E-state index in [0.29, 0.717) is 18.9 Å². The molecule has 0 unspecified atom stereocenters. The second-order valence-electron chi connectivity index (χ2n) is 3.08. The molecule has 0 aromatic rings. The van der Waals surface area contributed by atoms with Crippen LogP contribution in [0.3, 0.4) is 0 Å². The number of nitrogens with one attached hydrogen (secondary N) is 1. The Hall–Kier alpha value is -0.110. The molecule has 2 heteroatoms. The largest absolute Gasteiger partial charge is 0.314 e. The van der Waals surface area contributed by atoms with E-state index in [-0.39, 0.29) is 1.43 Å². The highest BCUT2D eigenvalue weighted by molar-refractivity contribution is 4.94. The first-order valence-electron chi connectivity index (χ1n) is 3.56. The number of hydrogen-bond donors (Lipinski definition) is 1. The molecule has 0 saturated heterocycles. The molecule has 1 aliphatic carbocycles. The van der Waals surface area contributed by atoms with Gasteiger partial charge in [0, 0.05) is 7.47 Å². The van der Waals surface area contributed by atoms with E-state index in [4.69, 9.17) is 0 Å². The van der Waals surface area contributed by atoms with Crippen molar-refractivity contribution in [2.75, 3.05) is 6.54 Å². The number of hydrogen-bond acceptors (Lipinski definition) is 1. The van der Waals surface area contributed by atoms with E-state index in [1.807, 2.05) is 6.92 Å². The molecule has 0 amide bonds. The summed E-state index contributed by atoms with van der Waals surface area (Å²) in [6, 6.07) is 0.449. The van der Waals surface area contributed by atoms with Crippen LogP contribution in [0.25, 0.3) is 0 Å². The lowest BCUT2D eigenvalue weighted by Gasteiger charge is -2.38. The van der Waals surface area contributed by atoms with Crippen LogP contribution in [0.4, 0.5) is 4.39 Å². The molecule has 1 N–H and O–H groups in total. The first-order chi connectivity index (χ1) is 4.14. The molecule has 9 heavy (non-hydrogen) atoms. The molecule has 1 aliphatic rings.